The van der Waals surface area contributed by atoms with Crippen LogP contribution in [0.15, 0.2) is 0 Å². The molecule has 0 saturated carbocycles. The number of nitrogens with one attached hydrogen (secondary N) is 2. The molecule has 1 heterocycles. The Morgan fingerprint density at radius 1 is 1.37 bits per heavy atom. The van der Waals surface area contributed by atoms with Gasteiger partial charge in [0.05, 0.1) is 45.4 Å². The van der Waals surface area contributed by atoms with Crippen molar-refractivity contribution < 1.29 is 25.0 Å². The van der Waals surface area contributed by atoms with Crippen molar-refractivity contribution in [3.05, 3.63) is 0 Å². The Morgan fingerprint density at radius 3 is 2.47 bits per heavy atom. The molecule has 0 spiro atoms. The topological polar surface area (TPSA) is 97.5 Å². The highest BCUT2D eigenvalue weighted by atomic mass is 16.3. The van der Waals surface area contributed by atoms with Gasteiger partial charge in [-0.25, -0.2) is 0 Å². The number of quaternary nitrogens is 1. The van der Waals surface area contributed by atoms with E-state index < -0.39 is 24.3 Å². The van der Waals surface area contributed by atoms with Crippen molar-refractivity contribution in [3.63, 3.8) is 0 Å². The number of nitrogens with zero attached hydrogens (tertiary/aromatic N) is 1. The molecule has 7 nitrogen and oxygen atoms in total. The van der Waals surface area contributed by atoms with Crippen LogP contribution < -0.4 is 10.2 Å². The van der Waals surface area contributed by atoms with Crippen LogP contribution in [0, 0.1) is 0 Å². The highest BCUT2D eigenvalue weighted by Gasteiger charge is 2.42. The summed E-state index contributed by atoms with van der Waals surface area (Å²) in [6.07, 6.45) is -2.11. The standard InChI is InChI=1S/C12H25N3O4/c1-8(17)13-9-6-15(5-4-14(2)3)10(7-16)12(19)11(9)18/h9-12,16,18-19H,4-7H2,1-3H3,(H,13,17)/p+1/t9?,10?,11?,12-/m1/s1. The van der Waals surface area contributed by atoms with Gasteiger partial charge in [-0.05, 0) is 0 Å². The second-order valence-corrected chi connectivity index (χ2v) is 5.49. The first kappa shape index (κ1) is 16.3. The molecule has 1 aliphatic heterocycles. The number of amides is 1. The van der Waals surface area contributed by atoms with E-state index in [4.69, 9.17) is 0 Å². The molecule has 1 saturated heterocycles. The van der Waals surface area contributed by atoms with Crippen molar-refractivity contribution >= 4 is 5.91 Å². The van der Waals surface area contributed by atoms with Crippen molar-refractivity contribution in [2.24, 2.45) is 0 Å². The normalized spacial score (nSPS) is 32.6. The second kappa shape index (κ2) is 7.16. The van der Waals surface area contributed by atoms with Crippen LogP contribution in [0.1, 0.15) is 6.92 Å². The lowest BCUT2D eigenvalue weighted by molar-refractivity contribution is -0.857. The average Bonchev–Trinajstić information content (AvgIpc) is 2.32. The third-order valence-corrected chi connectivity index (χ3v) is 3.53. The molecule has 5 N–H and O–H groups in total. The summed E-state index contributed by atoms with van der Waals surface area (Å²) < 4.78 is 0. The SMILES string of the molecule is CC(=O)NC1CN(CC[NH+](C)C)C(CO)[C@@H](O)C1O. The fourth-order valence-corrected chi connectivity index (χ4v) is 2.42. The van der Waals surface area contributed by atoms with Gasteiger partial charge in [-0.3, -0.25) is 9.69 Å². The van der Waals surface area contributed by atoms with E-state index in [2.05, 4.69) is 5.32 Å². The maximum absolute atomic E-state index is 11.1. The van der Waals surface area contributed by atoms with E-state index in [1.165, 1.54) is 11.8 Å². The van der Waals surface area contributed by atoms with Crippen LogP contribution in [0.25, 0.3) is 0 Å². The molecule has 0 aromatic rings. The summed E-state index contributed by atoms with van der Waals surface area (Å²) in [7, 11) is 4.04. The molecule has 0 bridgehead atoms. The van der Waals surface area contributed by atoms with Crippen molar-refractivity contribution in [3.8, 4) is 0 Å². The van der Waals surface area contributed by atoms with E-state index in [9.17, 15) is 20.1 Å². The molecular formula is C12H26N3O4+. The van der Waals surface area contributed by atoms with Gasteiger partial charge < -0.3 is 25.5 Å². The van der Waals surface area contributed by atoms with E-state index in [0.29, 0.717) is 13.1 Å². The molecule has 0 radical (unpaired) electrons. The Hall–Kier alpha value is -0.730. The zero-order chi connectivity index (χ0) is 14.6. The number of aliphatic hydroxyl groups excluding tert-OH is 3. The van der Waals surface area contributed by atoms with Crippen molar-refractivity contribution in [1.82, 2.24) is 10.2 Å². The molecule has 0 aliphatic carbocycles. The van der Waals surface area contributed by atoms with Crippen LogP contribution in [0.4, 0.5) is 0 Å². The first-order valence-electron chi connectivity index (χ1n) is 6.64. The van der Waals surface area contributed by atoms with Crippen LogP contribution in [-0.4, -0.2) is 90.8 Å². The summed E-state index contributed by atoms with van der Waals surface area (Å²) in [6, 6.07) is -0.994. The molecule has 19 heavy (non-hydrogen) atoms. The summed E-state index contributed by atoms with van der Waals surface area (Å²) in [6.45, 7) is 3.13. The number of rotatable bonds is 5. The number of aliphatic hydroxyl groups is 3. The zero-order valence-electron chi connectivity index (χ0n) is 11.8. The first-order valence-corrected chi connectivity index (χ1v) is 6.64. The lowest BCUT2D eigenvalue weighted by atomic mass is 9.92. The molecule has 1 aliphatic rings. The lowest BCUT2D eigenvalue weighted by Crippen LogP contribution is -3.06. The predicted molar refractivity (Wildman–Crippen MR) is 69.7 cm³/mol. The Labute approximate surface area is 113 Å². The van der Waals surface area contributed by atoms with Crippen LogP contribution >= 0.6 is 0 Å². The van der Waals surface area contributed by atoms with Gasteiger partial charge in [0.1, 0.15) is 6.10 Å². The minimum absolute atomic E-state index is 0.215. The largest absolute Gasteiger partial charge is 0.395 e. The highest BCUT2D eigenvalue weighted by Crippen LogP contribution is 2.18. The summed E-state index contributed by atoms with van der Waals surface area (Å²) >= 11 is 0. The molecule has 7 heteroatoms. The summed E-state index contributed by atoms with van der Waals surface area (Å²) in [5.74, 6) is -0.239. The summed E-state index contributed by atoms with van der Waals surface area (Å²) in [5.41, 5.74) is 0. The molecular weight excluding hydrogens is 250 g/mol. The number of carbonyl (C=O) groups excluding carboxylic acids is 1. The smallest absolute Gasteiger partial charge is 0.217 e. The van der Waals surface area contributed by atoms with E-state index >= 15 is 0 Å². The van der Waals surface area contributed by atoms with Crippen LogP contribution in [0.5, 0.6) is 0 Å². The third kappa shape index (κ3) is 4.39. The molecule has 112 valence electrons. The predicted octanol–water partition coefficient (Wildman–Crippen LogP) is -3.97. The zero-order valence-corrected chi connectivity index (χ0v) is 11.8. The minimum atomic E-state index is -1.06. The molecule has 4 atom stereocenters. The van der Waals surface area contributed by atoms with Gasteiger partial charge in [0, 0.05) is 20.0 Å². The lowest BCUT2D eigenvalue weighted by Gasteiger charge is -2.44. The molecule has 0 aromatic heterocycles. The maximum atomic E-state index is 11.1. The number of piperidine rings is 1. The average molecular weight is 276 g/mol. The van der Waals surface area contributed by atoms with E-state index in [-0.39, 0.29) is 12.5 Å². The second-order valence-electron chi connectivity index (χ2n) is 5.49. The summed E-state index contributed by atoms with van der Waals surface area (Å²) in [5, 5.41) is 32.0. The number of carbonyl (C=O) groups is 1. The molecule has 1 rings (SSSR count). The van der Waals surface area contributed by atoms with Gasteiger partial charge in [-0.1, -0.05) is 0 Å². The van der Waals surface area contributed by atoms with E-state index in [1.807, 2.05) is 19.0 Å². The van der Waals surface area contributed by atoms with E-state index in [1.54, 1.807) is 0 Å². The molecule has 3 unspecified atom stereocenters. The Morgan fingerprint density at radius 2 is 2.00 bits per heavy atom. The van der Waals surface area contributed by atoms with Gasteiger partial charge in [-0.15, -0.1) is 0 Å². The Balaban J connectivity index is 2.72. The van der Waals surface area contributed by atoms with Gasteiger partial charge in [0.25, 0.3) is 0 Å². The fourth-order valence-electron chi connectivity index (χ4n) is 2.42. The number of likely N-dealkylation sites (tertiary alicyclic amines) is 1. The van der Waals surface area contributed by atoms with Crippen LogP contribution in [0.3, 0.4) is 0 Å². The highest BCUT2D eigenvalue weighted by molar-refractivity contribution is 5.73. The van der Waals surface area contributed by atoms with Gasteiger partial charge in [0.15, 0.2) is 0 Å². The van der Waals surface area contributed by atoms with Crippen molar-refractivity contribution in [2.45, 2.75) is 31.2 Å². The maximum Gasteiger partial charge on any atom is 0.217 e. The number of likely N-dealkylation sites (N-methyl/N-ethyl adjacent to an activating group) is 1. The fraction of sp³-hybridized carbons (Fsp3) is 0.917. The number of hydrogen-bond acceptors (Lipinski definition) is 5. The van der Waals surface area contributed by atoms with Gasteiger partial charge in [0.2, 0.25) is 5.91 Å². The third-order valence-electron chi connectivity index (χ3n) is 3.53. The van der Waals surface area contributed by atoms with Crippen molar-refractivity contribution in [1.29, 1.82) is 0 Å². The molecule has 1 fully saturated rings. The van der Waals surface area contributed by atoms with Crippen LogP contribution in [-0.2, 0) is 4.79 Å². The monoisotopic (exact) mass is 276 g/mol. The van der Waals surface area contributed by atoms with Gasteiger partial charge >= 0.3 is 0 Å². The number of hydrogen-bond donors (Lipinski definition) is 5. The Kier molecular flexibility index (Phi) is 6.15. The molecule has 1 amide bonds. The minimum Gasteiger partial charge on any atom is -0.395 e. The van der Waals surface area contributed by atoms with E-state index in [0.717, 1.165) is 6.54 Å². The molecule has 0 aromatic carbocycles. The van der Waals surface area contributed by atoms with Crippen molar-refractivity contribution in [2.75, 3.05) is 40.3 Å². The Bertz CT molecular complexity index is 301. The summed E-state index contributed by atoms with van der Waals surface area (Å²) in [4.78, 5) is 14.3. The van der Waals surface area contributed by atoms with Crippen LogP contribution in [0.2, 0.25) is 0 Å². The first-order chi connectivity index (χ1) is 8.86. The quantitative estimate of drug-likeness (QED) is 0.353. The van der Waals surface area contributed by atoms with Gasteiger partial charge in [-0.2, -0.15) is 0 Å².